The van der Waals surface area contributed by atoms with Crippen molar-refractivity contribution in [3.63, 3.8) is 0 Å². The van der Waals surface area contributed by atoms with Gasteiger partial charge in [0.2, 0.25) is 0 Å². The summed E-state index contributed by atoms with van der Waals surface area (Å²) in [6.07, 6.45) is 3.43. The molecule has 208 valence electrons. The highest BCUT2D eigenvalue weighted by atomic mass is 32.2. The molecule has 2 aliphatic rings. The summed E-state index contributed by atoms with van der Waals surface area (Å²) in [5.74, 6) is 0.0928. The number of sulfonamides is 1. The number of hydrogen-bond donors (Lipinski definition) is 0. The first-order valence-corrected chi connectivity index (χ1v) is 16.1. The Morgan fingerprint density at radius 1 is 1.07 bits per heavy atom. The third kappa shape index (κ3) is 5.02. The molecule has 1 unspecified atom stereocenters. The van der Waals surface area contributed by atoms with Crippen LogP contribution in [-0.4, -0.2) is 45.1 Å². The number of rotatable bonds is 7. The topological polar surface area (TPSA) is 79.8 Å². The lowest BCUT2D eigenvalue weighted by Crippen LogP contribution is -2.37. The van der Waals surface area contributed by atoms with Gasteiger partial charge in [0.25, 0.3) is 15.9 Å². The number of carbonyl (C=O) groups excluding carboxylic acids is 1. The van der Waals surface area contributed by atoms with Crippen molar-refractivity contribution in [2.75, 3.05) is 28.9 Å². The lowest BCUT2D eigenvalue weighted by Gasteiger charge is -2.30. The lowest BCUT2D eigenvalue weighted by molar-refractivity contribution is 0.0917. The number of thiazole rings is 1. The van der Waals surface area contributed by atoms with Gasteiger partial charge in [-0.15, -0.1) is 0 Å². The van der Waals surface area contributed by atoms with E-state index in [1.165, 1.54) is 15.6 Å². The summed E-state index contributed by atoms with van der Waals surface area (Å²) < 4.78 is 35.6. The average molecular weight is 576 g/mol. The number of anilines is 2. The van der Waals surface area contributed by atoms with E-state index in [9.17, 15) is 13.2 Å². The number of nitrogens with zero attached hydrogens (tertiary/aromatic N) is 3. The van der Waals surface area contributed by atoms with Crippen LogP contribution in [0.15, 0.2) is 71.6 Å². The molecule has 0 spiro atoms. The van der Waals surface area contributed by atoms with Crippen molar-refractivity contribution in [3.05, 3.63) is 83.4 Å². The average Bonchev–Trinajstić information content (AvgIpc) is 3.65. The van der Waals surface area contributed by atoms with Gasteiger partial charge in [0, 0.05) is 18.7 Å². The molecule has 0 N–H and O–H groups in total. The minimum atomic E-state index is -3.76. The number of carbonyl (C=O) groups is 1. The molecule has 0 aliphatic carbocycles. The van der Waals surface area contributed by atoms with Crippen LogP contribution in [0.2, 0.25) is 0 Å². The Balaban J connectivity index is 1.32. The van der Waals surface area contributed by atoms with Crippen molar-refractivity contribution in [1.29, 1.82) is 0 Å². The molecule has 40 heavy (non-hydrogen) atoms. The lowest BCUT2D eigenvalue weighted by atomic mass is 10.0. The first-order valence-electron chi connectivity index (χ1n) is 13.9. The Morgan fingerprint density at radius 3 is 2.62 bits per heavy atom. The SMILES string of the molecule is CC(C)c1cccc2sc(N(CC3CCCO3)C(=O)c3ccc(S(=O)(=O)N4CCCc5ccccc54)cc3)nc12. The second-order valence-corrected chi connectivity index (χ2v) is 13.6. The smallest absolute Gasteiger partial charge is 0.264 e. The van der Waals surface area contributed by atoms with Crippen LogP contribution in [0.1, 0.15) is 60.5 Å². The van der Waals surface area contributed by atoms with E-state index in [2.05, 4.69) is 19.9 Å². The van der Waals surface area contributed by atoms with Gasteiger partial charge < -0.3 is 4.74 Å². The number of ether oxygens (including phenoxy) is 1. The van der Waals surface area contributed by atoms with Crippen LogP contribution >= 0.6 is 11.3 Å². The highest BCUT2D eigenvalue weighted by Gasteiger charge is 2.31. The number of aromatic nitrogens is 1. The molecule has 1 atom stereocenters. The molecular formula is C31H33N3O4S2. The van der Waals surface area contributed by atoms with Crippen LogP contribution in [0.5, 0.6) is 0 Å². The van der Waals surface area contributed by atoms with E-state index in [-0.39, 0.29) is 16.9 Å². The fraction of sp³-hybridized carbons (Fsp3) is 0.355. The maximum absolute atomic E-state index is 13.9. The monoisotopic (exact) mass is 575 g/mol. The van der Waals surface area contributed by atoms with Crippen LogP contribution in [-0.2, 0) is 21.2 Å². The van der Waals surface area contributed by atoms with E-state index in [4.69, 9.17) is 9.72 Å². The van der Waals surface area contributed by atoms with Crippen LogP contribution in [0.25, 0.3) is 10.2 Å². The van der Waals surface area contributed by atoms with E-state index in [1.54, 1.807) is 29.2 Å². The first kappa shape index (κ1) is 26.9. The number of fused-ring (bicyclic) bond motifs is 2. The maximum atomic E-state index is 13.9. The van der Waals surface area contributed by atoms with Crippen molar-refractivity contribution in [1.82, 2.24) is 4.98 Å². The van der Waals surface area contributed by atoms with Gasteiger partial charge in [0.15, 0.2) is 5.13 Å². The Morgan fingerprint density at radius 2 is 1.88 bits per heavy atom. The minimum absolute atomic E-state index is 0.0562. The van der Waals surface area contributed by atoms with Gasteiger partial charge in [0.05, 0.1) is 33.4 Å². The second kappa shape index (κ2) is 11.0. The molecule has 0 radical (unpaired) electrons. The van der Waals surface area contributed by atoms with E-state index >= 15 is 0 Å². The summed E-state index contributed by atoms with van der Waals surface area (Å²) in [4.78, 5) is 20.7. The zero-order valence-corrected chi connectivity index (χ0v) is 24.4. The summed E-state index contributed by atoms with van der Waals surface area (Å²) >= 11 is 1.50. The van der Waals surface area contributed by atoms with Crippen LogP contribution in [0, 0.1) is 0 Å². The van der Waals surface area contributed by atoms with Crippen molar-refractivity contribution in [2.45, 2.75) is 56.4 Å². The maximum Gasteiger partial charge on any atom is 0.264 e. The van der Waals surface area contributed by atoms with Crippen molar-refractivity contribution in [2.24, 2.45) is 0 Å². The molecule has 1 fully saturated rings. The van der Waals surface area contributed by atoms with Gasteiger partial charge in [-0.05, 0) is 79.1 Å². The van der Waals surface area contributed by atoms with Gasteiger partial charge in [-0.2, -0.15) is 0 Å². The van der Waals surface area contributed by atoms with E-state index < -0.39 is 10.0 Å². The summed E-state index contributed by atoms with van der Waals surface area (Å²) in [5.41, 5.74) is 4.25. The Bertz CT molecular complexity index is 1640. The molecule has 3 aromatic carbocycles. The first-order chi connectivity index (χ1) is 19.3. The van der Waals surface area contributed by atoms with E-state index in [0.29, 0.717) is 36.3 Å². The van der Waals surface area contributed by atoms with E-state index in [0.717, 1.165) is 52.7 Å². The Labute approximate surface area is 239 Å². The molecule has 1 amide bonds. The number of hydrogen-bond acceptors (Lipinski definition) is 6. The molecule has 1 saturated heterocycles. The van der Waals surface area contributed by atoms with Crippen molar-refractivity contribution in [3.8, 4) is 0 Å². The highest BCUT2D eigenvalue weighted by molar-refractivity contribution is 7.92. The van der Waals surface area contributed by atoms with Gasteiger partial charge in [-0.1, -0.05) is 55.5 Å². The van der Waals surface area contributed by atoms with E-state index in [1.807, 2.05) is 36.4 Å². The normalized spacial score (nSPS) is 17.4. The Hall–Kier alpha value is -3.27. The number of aryl methyl sites for hydroxylation is 1. The molecule has 1 aromatic heterocycles. The summed E-state index contributed by atoms with van der Waals surface area (Å²) in [6, 6.07) is 20.1. The minimum Gasteiger partial charge on any atom is -0.376 e. The summed E-state index contributed by atoms with van der Waals surface area (Å²) in [7, 11) is -3.76. The molecule has 0 saturated carbocycles. The molecule has 2 aliphatic heterocycles. The predicted octanol–water partition coefficient (Wildman–Crippen LogP) is 6.39. The second-order valence-electron chi connectivity index (χ2n) is 10.7. The molecule has 3 heterocycles. The van der Waals surface area contributed by atoms with Gasteiger partial charge >= 0.3 is 0 Å². The number of benzene rings is 3. The summed E-state index contributed by atoms with van der Waals surface area (Å²) in [6.45, 7) is 5.81. The fourth-order valence-corrected chi connectivity index (χ4v) is 8.13. The van der Waals surface area contributed by atoms with Crippen LogP contribution < -0.4 is 9.21 Å². The molecule has 9 heteroatoms. The predicted molar refractivity (Wildman–Crippen MR) is 160 cm³/mol. The summed E-state index contributed by atoms with van der Waals surface area (Å²) in [5, 5.41) is 0.630. The number of amides is 1. The highest BCUT2D eigenvalue weighted by Crippen LogP contribution is 2.35. The van der Waals surface area contributed by atoms with Crippen LogP contribution in [0.4, 0.5) is 10.8 Å². The van der Waals surface area contributed by atoms with Crippen LogP contribution in [0.3, 0.4) is 0 Å². The fourth-order valence-electron chi connectivity index (χ4n) is 5.58. The largest absolute Gasteiger partial charge is 0.376 e. The van der Waals surface area contributed by atoms with Gasteiger partial charge in [-0.3, -0.25) is 14.0 Å². The molecular weight excluding hydrogens is 542 g/mol. The van der Waals surface area contributed by atoms with Crippen molar-refractivity contribution < 1.29 is 17.9 Å². The quantitative estimate of drug-likeness (QED) is 0.255. The Kier molecular flexibility index (Phi) is 7.37. The zero-order chi connectivity index (χ0) is 27.9. The van der Waals surface area contributed by atoms with Gasteiger partial charge in [0.1, 0.15) is 0 Å². The third-order valence-corrected chi connectivity index (χ3v) is 10.6. The molecule has 6 rings (SSSR count). The standard InChI is InChI=1S/C31H33N3O4S2/c1-21(2)26-11-5-13-28-29(26)32-31(39-28)33(20-24-10-7-19-38-24)30(35)23-14-16-25(17-15-23)40(36,37)34-18-6-9-22-8-3-4-12-27(22)34/h3-5,8,11-17,21,24H,6-7,9-10,18-20H2,1-2H3. The third-order valence-electron chi connectivity index (χ3n) is 7.70. The molecule has 7 nitrogen and oxygen atoms in total. The molecule has 0 bridgehead atoms. The molecule has 4 aromatic rings. The zero-order valence-electron chi connectivity index (χ0n) is 22.7. The van der Waals surface area contributed by atoms with Crippen molar-refractivity contribution >= 4 is 48.3 Å². The number of para-hydroxylation sites is 2. The van der Waals surface area contributed by atoms with Gasteiger partial charge in [-0.25, -0.2) is 13.4 Å².